The normalized spacial score (nSPS) is 21.2. The number of carbonyl (C=O) groups excluding carboxylic acids is 2. The fourth-order valence-electron chi connectivity index (χ4n) is 6.75. The van der Waals surface area contributed by atoms with E-state index in [1.54, 1.807) is 13.2 Å². The number of esters is 1. The van der Waals surface area contributed by atoms with E-state index in [1.807, 2.05) is 48.6 Å². The van der Waals surface area contributed by atoms with Crippen LogP contribution in [0.1, 0.15) is 32.8 Å². The summed E-state index contributed by atoms with van der Waals surface area (Å²) in [6.07, 6.45) is 6.09. The highest BCUT2D eigenvalue weighted by atomic mass is 28.4. The van der Waals surface area contributed by atoms with Crippen molar-refractivity contribution in [2.75, 3.05) is 27.4 Å². The second-order valence-electron chi connectivity index (χ2n) is 12.5. The molecular weight excluding hydrogens is 568 g/mol. The van der Waals surface area contributed by atoms with Crippen LogP contribution in [0.5, 0.6) is 5.75 Å². The van der Waals surface area contributed by atoms with Crippen LogP contribution in [0.2, 0.25) is 5.04 Å². The quantitative estimate of drug-likeness (QED) is 0.114. The maximum Gasteiger partial charge on any atom is 0.327 e. The summed E-state index contributed by atoms with van der Waals surface area (Å²) in [5.41, 5.74) is 0.343. The Balaban J connectivity index is 1.38. The fraction of sp³-hybridized carbons (Fsp3) is 0.351. The van der Waals surface area contributed by atoms with Gasteiger partial charge in [0.15, 0.2) is 11.2 Å². The molecule has 0 unspecified atom stereocenters. The Morgan fingerprint density at radius 2 is 1.50 bits per heavy atom. The van der Waals surface area contributed by atoms with E-state index in [0.717, 1.165) is 16.9 Å². The molecule has 0 saturated heterocycles. The molecule has 5 rings (SSSR count). The molecule has 0 fully saturated rings. The van der Waals surface area contributed by atoms with E-state index < -0.39 is 25.6 Å². The van der Waals surface area contributed by atoms with Crippen LogP contribution in [0.4, 0.5) is 0 Å². The molecule has 2 aliphatic rings. The van der Waals surface area contributed by atoms with Crippen molar-refractivity contribution in [3.05, 3.63) is 114 Å². The summed E-state index contributed by atoms with van der Waals surface area (Å²) in [6.45, 7) is 7.85. The highest BCUT2D eigenvalue weighted by molar-refractivity contribution is 6.99. The Morgan fingerprint density at radius 3 is 2.05 bits per heavy atom. The molecule has 0 spiro atoms. The molecular formula is C37H42O6Si. The summed E-state index contributed by atoms with van der Waals surface area (Å²) >= 11 is 0. The lowest BCUT2D eigenvalue weighted by molar-refractivity contribution is -0.153. The van der Waals surface area contributed by atoms with E-state index in [1.165, 1.54) is 17.5 Å². The molecule has 3 aromatic carbocycles. The second-order valence-corrected chi connectivity index (χ2v) is 16.8. The highest BCUT2D eigenvalue weighted by Gasteiger charge is 2.58. The van der Waals surface area contributed by atoms with Crippen molar-refractivity contribution in [1.29, 1.82) is 0 Å². The Labute approximate surface area is 261 Å². The minimum Gasteiger partial charge on any atom is -0.497 e. The number of hydrogen-bond acceptors (Lipinski definition) is 6. The average molecular weight is 611 g/mol. The zero-order chi connectivity index (χ0) is 31.4. The molecule has 0 amide bonds. The molecule has 230 valence electrons. The first-order chi connectivity index (χ1) is 21.2. The number of benzene rings is 3. The maximum absolute atomic E-state index is 13.9. The van der Waals surface area contributed by atoms with Crippen LogP contribution in [0.25, 0.3) is 0 Å². The summed E-state index contributed by atoms with van der Waals surface area (Å²) in [5.74, 6) is -0.538. The third-order valence-corrected chi connectivity index (χ3v) is 14.0. The molecule has 3 atom stereocenters. The highest BCUT2D eigenvalue weighted by Crippen LogP contribution is 2.49. The van der Waals surface area contributed by atoms with Crippen molar-refractivity contribution >= 4 is 30.4 Å². The number of rotatable bonds is 12. The Morgan fingerprint density at radius 1 is 0.886 bits per heavy atom. The number of Topliss-reactive ketones (excluding diaryl/α,β-unsaturated/α-hetero) is 1. The van der Waals surface area contributed by atoms with Gasteiger partial charge in [-0.2, -0.15) is 0 Å². The lowest BCUT2D eigenvalue weighted by Gasteiger charge is -2.43. The summed E-state index contributed by atoms with van der Waals surface area (Å²) in [4.78, 5) is 27.2. The Kier molecular flexibility index (Phi) is 9.39. The number of methoxy groups -OCH3 is 2. The minimum atomic E-state index is -2.78. The van der Waals surface area contributed by atoms with E-state index in [4.69, 9.17) is 18.6 Å². The van der Waals surface area contributed by atoms with Gasteiger partial charge in [-0.05, 0) is 45.1 Å². The molecule has 2 aliphatic carbocycles. The molecule has 0 saturated carbocycles. The van der Waals surface area contributed by atoms with Gasteiger partial charge in [0.05, 0.1) is 27.4 Å². The van der Waals surface area contributed by atoms with E-state index in [0.29, 0.717) is 26.2 Å². The maximum atomic E-state index is 13.9. The molecule has 3 aromatic rings. The minimum absolute atomic E-state index is 0.148. The van der Waals surface area contributed by atoms with Gasteiger partial charge in [0.1, 0.15) is 5.75 Å². The summed E-state index contributed by atoms with van der Waals surface area (Å²) in [5, 5.41) is 2.19. The largest absolute Gasteiger partial charge is 0.497 e. The summed E-state index contributed by atoms with van der Waals surface area (Å²) < 4.78 is 23.6. The van der Waals surface area contributed by atoms with Gasteiger partial charge in [-0.3, -0.25) is 9.59 Å². The number of ketones is 1. The third kappa shape index (κ3) is 5.72. The van der Waals surface area contributed by atoms with Crippen LogP contribution in [0, 0.1) is 17.3 Å². The van der Waals surface area contributed by atoms with Gasteiger partial charge < -0.3 is 18.6 Å². The van der Waals surface area contributed by atoms with E-state index in [-0.39, 0.29) is 16.7 Å². The molecule has 0 N–H and O–H groups in total. The Bertz CT molecular complexity index is 1470. The van der Waals surface area contributed by atoms with Gasteiger partial charge in [-0.25, -0.2) is 0 Å². The predicted molar refractivity (Wildman–Crippen MR) is 174 cm³/mol. The van der Waals surface area contributed by atoms with Crippen LogP contribution in [-0.4, -0.2) is 47.5 Å². The smallest absolute Gasteiger partial charge is 0.327 e. The molecule has 0 aromatic heterocycles. The first-order valence-electron chi connectivity index (χ1n) is 15.2. The second kappa shape index (κ2) is 13.1. The third-order valence-electron chi connectivity index (χ3n) is 8.99. The SMILES string of the molecule is COC(=O)[C@@]12C=C[C@@H](COCc3ccc(OC)cc3)[C@@H](C=C1CCO[Si](c1ccccc1)(c1ccccc1)C(C)(C)C)C2=O. The lowest BCUT2D eigenvalue weighted by Crippen LogP contribution is -2.66. The summed E-state index contributed by atoms with van der Waals surface area (Å²) in [7, 11) is 0.200. The zero-order valence-corrected chi connectivity index (χ0v) is 27.2. The molecule has 6 nitrogen and oxygen atoms in total. The average Bonchev–Trinajstić information content (AvgIpc) is 3.21. The zero-order valence-electron chi connectivity index (χ0n) is 26.2. The fourth-order valence-corrected chi connectivity index (χ4v) is 11.3. The molecule has 7 heteroatoms. The van der Waals surface area contributed by atoms with Crippen molar-refractivity contribution in [2.24, 2.45) is 17.3 Å². The van der Waals surface area contributed by atoms with Gasteiger partial charge >= 0.3 is 5.97 Å². The van der Waals surface area contributed by atoms with Crippen molar-refractivity contribution in [2.45, 2.75) is 38.8 Å². The first-order valence-corrected chi connectivity index (χ1v) is 17.1. The number of ether oxygens (including phenoxy) is 3. The number of hydrogen-bond donors (Lipinski definition) is 0. The lowest BCUT2D eigenvalue weighted by atomic mass is 9.71. The monoisotopic (exact) mass is 610 g/mol. The number of fused-ring (bicyclic) bond motifs is 2. The van der Waals surface area contributed by atoms with E-state index in [9.17, 15) is 9.59 Å². The van der Waals surface area contributed by atoms with Crippen molar-refractivity contribution in [3.63, 3.8) is 0 Å². The van der Waals surface area contributed by atoms with Crippen LogP contribution in [0.3, 0.4) is 0 Å². The number of carbonyl (C=O) groups is 2. The van der Waals surface area contributed by atoms with Crippen LogP contribution >= 0.6 is 0 Å². The molecule has 2 bridgehead atoms. The number of allylic oxidation sites excluding steroid dienone is 1. The standard InChI is InChI=1S/C37H42O6Si/c1-36(2,3)44(31-12-8-6-9-13-31,32-14-10-7-11-15-32)43-23-21-29-24-33-28(20-22-37(29,34(33)38)35(39)41-5)26-42-25-27-16-18-30(40-4)19-17-27/h6-20,22,24,28,33H,21,23,25-26H2,1-5H3/t28-,33+,37-/m0/s1. The van der Waals surface area contributed by atoms with Gasteiger partial charge in [-0.15, -0.1) is 0 Å². The van der Waals surface area contributed by atoms with Gasteiger partial charge in [-0.1, -0.05) is 112 Å². The van der Waals surface area contributed by atoms with Crippen LogP contribution < -0.4 is 15.1 Å². The van der Waals surface area contributed by atoms with Crippen molar-refractivity contribution in [3.8, 4) is 5.75 Å². The topological polar surface area (TPSA) is 71.1 Å². The van der Waals surface area contributed by atoms with Gasteiger partial charge in [0.25, 0.3) is 8.32 Å². The van der Waals surface area contributed by atoms with Gasteiger partial charge in [0, 0.05) is 18.4 Å². The van der Waals surface area contributed by atoms with Gasteiger partial charge in [0.2, 0.25) is 0 Å². The van der Waals surface area contributed by atoms with Crippen molar-refractivity contribution < 1.29 is 28.2 Å². The molecule has 0 heterocycles. The Hall–Kier alpha value is -3.78. The molecule has 0 radical (unpaired) electrons. The van der Waals surface area contributed by atoms with Crippen LogP contribution in [-0.2, 0) is 30.1 Å². The van der Waals surface area contributed by atoms with E-state index in [2.05, 4.69) is 69.3 Å². The van der Waals surface area contributed by atoms with Crippen LogP contribution in [0.15, 0.2) is 109 Å². The predicted octanol–water partition coefficient (Wildman–Crippen LogP) is 5.65. The first kappa shape index (κ1) is 31.6. The summed E-state index contributed by atoms with van der Waals surface area (Å²) in [6, 6.07) is 28.6. The van der Waals surface area contributed by atoms with E-state index >= 15 is 0 Å². The molecule has 0 aliphatic heterocycles. The molecule has 44 heavy (non-hydrogen) atoms. The van der Waals surface area contributed by atoms with Crippen molar-refractivity contribution in [1.82, 2.24) is 0 Å².